The van der Waals surface area contributed by atoms with Crippen molar-refractivity contribution in [1.29, 1.82) is 0 Å². The van der Waals surface area contributed by atoms with Gasteiger partial charge in [0, 0.05) is 5.56 Å². The third-order valence-corrected chi connectivity index (χ3v) is 2.67. The minimum absolute atomic E-state index is 0.0372. The highest BCUT2D eigenvalue weighted by Gasteiger charge is 2.34. The SMILES string of the molecule is Cc1ccc(-c2cccc(C(F)(F)F)c2F)cc1. The van der Waals surface area contributed by atoms with Gasteiger partial charge in [0.2, 0.25) is 0 Å². The molecule has 2 aromatic carbocycles. The van der Waals surface area contributed by atoms with Crippen molar-refractivity contribution in [3.8, 4) is 11.1 Å². The summed E-state index contributed by atoms with van der Waals surface area (Å²) < 4.78 is 51.5. The average molecular weight is 254 g/mol. The summed E-state index contributed by atoms with van der Waals surface area (Å²) in [5.74, 6) is -1.23. The van der Waals surface area contributed by atoms with E-state index in [1.165, 1.54) is 12.1 Å². The molecule has 2 rings (SSSR count). The van der Waals surface area contributed by atoms with Crippen molar-refractivity contribution in [3.05, 3.63) is 59.4 Å². The lowest BCUT2D eigenvalue weighted by molar-refractivity contribution is -0.139. The predicted molar refractivity (Wildman–Crippen MR) is 61.6 cm³/mol. The van der Waals surface area contributed by atoms with Crippen molar-refractivity contribution in [2.24, 2.45) is 0 Å². The van der Waals surface area contributed by atoms with Crippen molar-refractivity contribution in [2.75, 3.05) is 0 Å². The van der Waals surface area contributed by atoms with Gasteiger partial charge in [-0.2, -0.15) is 13.2 Å². The Morgan fingerprint density at radius 3 is 2.06 bits per heavy atom. The van der Waals surface area contributed by atoms with E-state index in [4.69, 9.17) is 0 Å². The Labute approximate surface area is 102 Å². The van der Waals surface area contributed by atoms with Crippen LogP contribution in [0.2, 0.25) is 0 Å². The number of hydrogen-bond donors (Lipinski definition) is 0. The topological polar surface area (TPSA) is 0 Å². The first kappa shape index (κ1) is 12.6. The molecule has 0 aliphatic carbocycles. The number of aryl methyl sites for hydroxylation is 1. The van der Waals surface area contributed by atoms with E-state index in [0.29, 0.717) is 5.56 Å². The second kappa shape index (κ2) is 4.44. The van der Waals surface area contributed by atoms with E-state index in [9.17, 15) is 17.6 Å². The summed E-state index contributed by atoms with van der Waals surface area (Å²) in [4.78, 5) is 0. The molecule has 0 heterocycles. The lowest BCUT2D eigenvalue weighted by Gasteiger charge is -2.11. The van der Waals surface area contributed by atoms with Gasteiger partial charge in [0.1, 0.15) is 5.82 Å². The van der Waals surface area contributed by atoms with E-state index >= 15 is 0 Å². The molecule has 0 aliphatic heterocycles. The van der Waals surface area contributed by atoms with Gasteiger partial charge >= 0.3 is 6.18 Å². The summed E-state index contributed by atoms with van der Waals surface area (Å²) in [5.41, 5.74) is 0.126. The van der Waals surface area contributed by atoms with Crippen molar-refractivity contribution in [1.82, 2.24) is 0 Å². The van der Waals surface area contributed by atoms with Crippen LogP contribution in [-0.4, -0.2) is 0 Å². The van der Waals surface area contributed by atoms with Crippen LogP contribution >= 0.6 is 0 Å². The fraction of sp³-hybridized carbons (Fsp3) is 0.143. The Hall–Kier alpha value is -1.84. The van der Waals surface area contributed by atoms with Crippen molar-refractivity contribution >= 4 is 0 Å². The number of rotatable bonds is 1. The lowest BCUT2D eigenvalue weighted by atomic mass is 10.0. The van der Waals surface area contributed by atoms with Crippen molar-refractivity contribution < 1.29 is 17.6 Å². The van der Waals surface area contributed by atoms with Gasteiger partial charge in [-0.05, 0) is 18.6 Å². The van der Waals surface area contributed by atoms with E-state index in [0.717, 1.165) is 11.6 Å². The molecule has 0 radical (unpaired) electrons. The molecule has 0 saturated carbocycles. The second-order valence-corrected chi connectivity index (χ2v) is 4.03. The molecule has 0 amide bonds. The van der Waals surface area contributed by atoms with Gasteiger partial charge in [-0.25, -0.2) is 4.39 Å². The molecular weight excluding hydrogens is 244 g/mol. The van der Waals surface area contributed by atoms with E-state index in [1.807, 2.05) is 6.92 Å². The molecular formula is C14H10F4. The zero-order chi connectivity index (χ0) is 13.3. The maximum Gasteiger partial charge on any atom is 0.419 e. The van der Waals surface area contributed by atoms with Crippen LogP contribution in [0.1, 0.15) is 11.1 Å². The van der Waals surface area contributed by atoms with Crippen LogP contribution in [0.3, 0.4) is 0 Å². The predicted octanol–water partition coefficient (Wildman–Crippen LogP) is 4.82. The van der Waals surface area contributed by atoms with Crippen LogP contribution in [0.25, 0.3) is 11.1 Å². The Morgan fingerprint density at radius 1 is 0.889 bits per heavy atom. The lowest BCUT2D eigenvalue weighted by Crippen LogP contribution is -2.08. The van der Waals surface area contributed by atoms with Gasteiger partial charge in [-0.15, -0.1) is 0 Å². The van der Waals surface area contributed by atoms with Gasteiger partial charge < -0.3 is 0 Å². The second-order valence-electron chi connectivity index (χ2n) is 4.03. The van der Waals surface area contributed by atoms with Crippen molar-refractivity contribution in [3.63, 3.8) is 0 Å². The van der Waals surface area contributed by atoms with Gasteiger partial charge in [0.15, 0.2) is 0 Å². The molecule has 2 aromatic rings. The largest absolute Gasteiger partial charge is 0.419 e. The quantitative estimate of drug-likeness (QED) is 0.640. The molecule has 0 spiro atoms. The molecule has 0 nitrogen and oxygen atoms in total. The minimum Gasteiger partial charge on any atom is -0.206 e. The number of alkyl halides is 3. The van der Waals surface area contributed by atoms with Gasteiger partial charge in [-0.1, -0.05) is 42.0 Å². The molecule has 0 unspecified atom stereocenters. The molecule has 0 aliphatic rings. The third kappa shape index (κ3) is 2.37. The van der Waals surface area contributed by atoms with E-state index in [-0.39, 0.29) is 5.56 Å². The summed E-state index contributed by atoms with van der Waals surface area (Å²) in [6.45, 7) is 1.85. The molecule has 0 atom stereocenters. The molecule has 0 bridgehead atoms. The first-order valence-corrected chi connectivity index (χ1v) is 5.32. The fourth-order valence-corrected chi connectivity index (χ4v) is 1.71. The Morgan fingerprint density at radius 2 is 1.50 bits per heavy atom. The Kier molecular flexibility index (Phi) is 3.11. The normalized spacial score (nSPS) is 11.6. The monoisotopic (exact) mass is 254 g/mol. The molecule has 94 valence electrons. The van der Waals surface area contributed by atoms with E-state index in [1.54, 1.807) is 24.3 Å². The first-order valence-electron chi connectivity index (χ1n) is 5.32. The molecule has 18 heavy (non-hydrogen) atoms. The van der Waals surface area contributed by atoms with Crippen molar-refractivity contribution in [2.45, 2.75) is 13.1 Å². The number of hydrogen-bond acceptors (Lipinski definition) is 0. The van der Waals surface area contributed by atoms with Gasteiger partial charge in [0.25, 0.3) is 0 Å². The third-order valence-electron chi connectivity index (χ3n) is 2.67. The zero-order valence-electron chi connectivity index (χ0n) is 9.55. The molecule has 0 fully saturated rings. The van der Waals surface area contributed by atoms with E-state index < -0.39 is 17.6 Å². The van der Waals surface area contributed by atoms with Crippen LogP contribution < -0.4 is 0 Å². The average Bonchev–Trinajstić information content (AvgIpc) is 2.29. The Balaban J connectivity index is 2.56. The standard InChI is InChI=1S/C14H10F4/c1-9-5-7-10(8-6-9)11-3-2-4-12(13(11)15)14(16,17)18/h2-8H,1H3. The maximum atomic E-state index is 13.8. The highest BCUT2D eigenvalue weighted by atomic mass is 19.4. The summed E-state index contributed by atoms with van der Waals surface area (Å²) in [5, 5.41) is 0. The summed E-state index contributed by atoms with van der Waals surface area (Å²) in [6.07, 6.45) is -4.68. The Bertz CT molecular complexity index is 553. The van der Waals surface area contributed by atoms with Crippen LogP contribution in [0, 0.1) is 12.7 Å². The molecule has 0 aromatic heterocycles. The smallest absolute Gasteiger partial charge is 0.206 e. The van der Waals surface area contributed by atoms with Crippen LogP contribution in [-0.2, 0) is 6.18 Å². The van der Waals surface area contributed by atoms with Gasteiger partial charge in [0.05, 0.1) is 5.56 Å². The van der Waals surface area contributed by atoms with Crippen LogP contribution in [0.15, 0.2) is 42.5 Å². The van der Waals surface area contributed by atoms with Crippen LogP contribution in [0.5, 0.6) is 0 Å². The highest BCUT2D eigenvalue weighted by molar-refractivity contribution is 5.65. The van der Waals surface area contributed by atoms with Gasteiger partial charge in [-0.3, -0.25) is 0 Å². The first-order chi connectivity index (χ1) is 8.39. The van der Waals surface area contributed by atoms with E-state index in [2.05, 4.69) is 0 Å². The summed E-state index contributed by atoms with van der Waals surface area (Å²) in [7, 11) is 0. The van der Waals surface area contributed by atoms with Crippen LogP contribution in [0.4, 0.5) is 17.6 Å². The summed E-state index contributed by atoms with van der Waals surface area (Å²) >= 11 is 0. The minimum atomic E-state index is -4.68. The fourth-order valence-electron chi connectivity index (χ4n) is 1.71. The highest BCUT2D eigenvalue weighted by Crippen LogP contribution is 2.35. The number of benzene rings is 2. The molecule has 0 N–H and O–H groups in total. The number of halogens is 4. The summed E-state index contributed by atoms with van der Waals surface area (Å²) in [6, 6.07) is 9.97. The molecule has 4 heteroatoms. The maximum absolute atomic E-state index is 13.8. The zero-order valence-corrected chi connectivity index (χ0v) is 9.55. The molecule has 0 saturated heterocycles.